The fraction of sp³-hybridized carbons (Fsp3) is 0.267. The van der Waals surface area contributed by atoms with Crippen LogP contribution in [-0.4, -0.2) is 25.6 Å². The van der Waals surface area contributed by atoms with Gasteiger partial charge in [0.2, 0.25) is 0 Å². The third-order valence-corrected chi connectivity index (χ3v) is 2.83. The topological polar surface area (TPSA) is 28.2 Å². The van der Waals surface area contributed by atoms with Crippen LogP contribution in [-0.2, 0) is 6.42 Å². The van der Waals surface area contributed by atoms with Crippen LogP contribution in [0.25, 0.3) is 0 Å². The first kappa shape index (κ1) is 12.4. The molecule has 0 saturated carbocycles. The molecule has 1 N–H and O–H groups in total. The minimum atomic E-state index is 0.919. The smallest absolute Gasteiger partial charge is 0.0381 e. The summed E-state index contributed by atoms with van der Waals surface area (Å²) in [4.78, 5) is 6.22. The molecule has 2 rings (SSSR count). The van der Waals surface area contributed by atoms with Crippen LogP contribution in [0.2, 0.25) is 0 Å². The minimum absolute atomic E-state index is 0.919. The molecule has 1 aromatic carbocycles. The highest BCUT2D eigenvalue weighted by Gasteiger charge is 1.97. The molecule has 0 aliphatic heterocycles. The fourth-order valence-electron chi connectivity index (χ4n) is 1.79. The number of benzene rings is 1. The average molecular weight is 241 g/mol. The third-order valence-electron chi connectivity index (χ3n) is 2.83. The van der Waals surface area contributed by atoms with Crippen LogP contribution in [0.5, 0.6) is 0 Å². The number of aromatic nitrogens is 1. The Morgan fingerprint density at radius 2 is 2.06 bits per heavy atom. The zero-order valence-electron chi connectivity index (χ0n) is 10.9. The van der Waals surface area contributed by atoms with Crippen molar-refractivity contribution < 1.29 is 0 Å². The van der Waals surface area contributed by atoms with Crippen LogP contribution in [0, 0.1) is 0 Å². The molecule has 94 valence electrons. The second-order valence-corrected chi connectivity index (χ2v) is 4.48. The van der Waals surface area contributed by atoms with Gasteiger partial charge < -0.3 is 10.2 Å². The van der Waals surface area contributed by atoms with Gasteiger partial charge in [0, 0.05) is 44.4 Å². The van der Waals surface area contributed by atoms with E-state index in [0.717, 1.165) is 18.7 Å². The lowest BCUT2D eigenvalue weighted by atomic mass is 10.2. The molecule has 3 nitrogen and oxygen atoms in total. The van der Waals surface area contributed by atoms with Gasteiger partial charge in [0.15, 0.2) is 0 Å². The summed E-state index contributed by atoms with van der Waals surface area (Å²) in [6.07, 6.45) is 4.70. The Hall–Kier alpha value is -2.03. The van der Waals surface area contributed by atoms with E-state index in [0.29, 0.717) is 0 Å². The summed E-state index contributed by atoms with van der Waals surface area (Å²) in [6, 6.07) is 12.5. The molecule has 0 unspecified atom stereocenters. The molecule has 0 aliphatic carbocycles. The lowest BCUT2D eigenvalue weighted by Gasteiger charge is -2.14. The number of nitrogens with zero attached hydrogens (tertiary/aromatic N) is 2. The van der Waals surface area contributed by atoms with E-state index in [9.17, 15) is 0 Å². The number of hydrogen-bond acceptors (Lipinski definition) is 3. The number of rotatable bonds is 5. The van der Waals surface area contributed by atoms with Crippen molar-refractivity contribution in [1.82, 2.24) is 4.98 Å². The maximum Gasteiger partial charge on any atom is 0.0381 e. The van der Waals surface area contributed by atoms with Crippen molar-refractivity contribution in [3.8, 4) is 0 Å². The van der Waals surface area contributed by atoms with E-state index in [1.165, 1.54) is 11.3 Å². The van der Waals surface area contributed by atoms with Crippen LogP contribution < -0.4 is 10.2 Å². The Morgan fingerprint density at radius 3 is 2.78 bits per heavy atom. The van der Waals surface area contributed by atoms with Crippen molar-refractivity contribution in [3.05, 3.63) is 54.4 Å². The Labute approximate surface area is 108 Å². The molecule has 0 radical (unpaired) electrons. The molecule has 0 aliphatic rings. The SMILES string of the molecule is CN(C)c1cccc(NCCc2cccnc2)c1. The first-order valence-electron chi connectivity index (χ1n) is 6.16. The molecule has 0 saturated heterocycles. The minimum Gasteiger partial charge on any atom is -0.385 e. The molecule has 1 heterocycles. The largest absolute Gasteiger partial charge is 0.385 e. The van der Waals surface area contributed by atoms with Crippen molar-refractivity contribution in [2.75, 3.05) is 30.9 Å². The zero-order chi connectivity index (χ0) is 12.8. The third kappa shape index (κ3) is 3.48. The average Bonchev–Trinajstić information content (AvgIpc) is 2.40. The van der Waals surface area contributed by atoms with Crippen molar-refractivity contribution in [3.63, 3.8) is 0 Å². The standard InChI is InChI=1S/C15H19N3/c1-18(2)15-7-3-6-14(11-15)17-10-8-13-5-4-9-16-12-13/h3-7,9,11-12,17H,8,10H2,1-2H3. The van der Waals surface area contributed by atoms with Crippen LogP contribution >= 0.6 is 0 Å². The van der Waals surface area contributed by atoms with Gasteiger partial charge >= 0.3 is 0 Å². The highest BCUT2D eigenvalue weighted by molar-refractivity contribution is 5.57. The van der Waals surface area contributed by atoms with E-state index in [2.05, 4.69) is 59.6 Å². The van der Waals surface area contributed by atoms with Crippen molar-refractivity contribution >= 4 is 11.4 Å². The second kappa shape index (κ2) is 6.05. The maximum atomic E-state index is 4.11. The fourth-order valence-corrected chi connectivity index (χ4v) is 1.79. The van der Waals surface area contributed by atoms with E-state index in [-0.39, 0.29) is 0 Å². The second-order valence-electron chi connectivity index (χ2n) is 4.48. The lowest BCUT2D eigenvalue weighted by Crippen LogP contribution is -2.10. The number of pyridine rings is 1. The van der Waals surface area contributed by atoms with Gasteiger partial charge in [-0.05, 0) is 36.2 Å². The monoisotopic (exact) mass is 241 g/mol. The van der Waals surface area contributed by atoms with E-state index in [1.807, 2.05) is 12.3 Å². The Kier molecular flexibility index (Phi) is 4.18. The maximum absolute atomic E-state index is 4.11. The van der Waals surface area contributed by atoms with E-state index < -0.39 is 0 Å². The van der Waals surface area contributed by atoms with Gasteiger partial charge in [-0.3, -0.25) is 4.98 Å². The number of nitrogens with one attached hydrogen (secondary N) is 1. The van der Waals surface area contributed by atoms with Gasteiger partial charge in [-0.2, -0.15) is 0 Å². The molecular formula is C15H19N3. The van der Waals surface area contributed by atoms with E-state index in [4.69, 9.17) is 0 Å². The van der Waals surface area contributed by atoms with Crippen LogP contribution in [0.15, 0.2) is 48.8 Å². The molecule has 3 heteroatoms. The van der Waals surface area contributed by atoms with Crippen LogP contribution in [0.3, 0.4) is 0 Å². The normalized spacial score (nSPS) is 10.1. The first-order valence-corrected chi connectivity index (χ1v) is 6.16. The summed E-state index contributed by atoms with van der Waals surface area (Å²) in [5, 5.41) is 3.43. The first-order chi connectivity index (χ1) is 8.75. The Morgan fingerprint density at radius 1 is 1.17 bits per heavy atom. The summed E-state index contributed by atoms with van der Waals surface area (Å²) in [6.45, 7) is 0.919. The summed E-state index contributed by atoms with van der Waals surface area (Å²) < 4.78 is 0. The molecule has 0 fully saturated rings. The van der Waals surface area contributed by atoms with Gasteiger partial charge in [0.25, 0.3) is 0 Å². The summed E-state index contributed by atoms with van der Waals surface area (Å²) in [5.41, 5.74) is 3.63. The number of anilines is 2. The highest BCUT2D eigenvalue weighted by atomic mass is 15.1. The van der Waals surface area contributed by atoms with Crippen LogP contribution in [0.4, 0.5) is 11.4 Å². The molecule has 0 atom stereocenters. The predicted molar refractivity (Wildman–Crippen MR) is 77.2 cm³/mol. The predicted octanol–water partition coefficient (Wildman–Crippen LogP) is 2.80. The molecule has 0 bridgehead atoms. The van der Waals surface area contributed by atoms with Gasteiger partial charge in [-0.15, -0.1) is 0 Å². The van der Waals surface area contributed by atoms with Gasteiger partial charge in [0.05, 0.1) is 0 Å². The van der Waals surface area contributed by atoms with Crippen molar-refractivity contribution in [1.29, 1.82) is 0 Å². The Bertz CT molecular complexity index is 480. The molecular weight excluding hydrogens is 222 g/mol. The van der Waals surface area contributed by atoms with E-state index >= 15 is 0 Å². The highest BCUT2D eigenvalue weighted by Crippen LogP contribution is 2.17. The van der Waals surface area contributed by atoms with E-state index in [1.54, 1.807) is 6.20 Å². The quantitative estimate of drug-likeness (QED) is 0.872. The summed E-state index contributed by atoms with van der Waals surface area (Å²) >= 11 is 0. The van der Waals surface area contributed by atoms with Crippen molar-refractivity contribution in [2.45, 2.75) is 6.42 Å². The summed E-state index contributed by atoms with van der Waals surface area (Å²) in [7, 11) is 4.10. The van der Waals surface area contributed by atoms with Gasteiger partial charge in [-0.25, -0.2) is 0 Å². The van der Waals surface area contributed by atoms with Crippen molar-refractivity contribution in [2.24, 2.45) is 0 Å². The number of hydrogen-bond donors (Lipinski definition) is 1. The van der Waals surface area contributed by atoms with Gasteiger partial charge in [-0.1, -0.05) is 12.1 Å². The molecule has 2 aromatic rings. The van der Waals surface area contributed by atoms with Gasteiger partial charge in [0.1, 0.15) is 0 Å². The lowest BCUT2D eigenvalue weighted by molar-refractivity contribution is 1.00. The summed E-state index contributed by atoms with van der Waals surface area (Å²) in [5.74, 6) is 0. The molecule has 18 heavy (non-hydrogen) atoms. The zero-order valence-corrected chi connectivity index (χ0v) is 10.9. The molecule has 0 spiro atoms. The van der Waals surface area contributed by atoms with Crippen LogP contribution in [0.1, 0.15) is 5.56 Å². The molecule has 0 amide bonds. The molecule has 1 aromatic heterocycles. The Balaban J connectivity index is 1.89.